The lowest BCUT2D eigenvalue weighted by Crippen LogP contribution is -3.10. The number of hydrogen-bond acceptors (Lipinski definition) is 4. The number of aromatic hydroxyl groups is 1. The van der Waals surface area contributed by atoms with Crippen molar-refractivity contribution in [2.45, 2.75) is 40.2 Å². The first-order chi connectivity index (χ1) is 14.5. The molecule has 0 saturated heterocycles. The summed E-state index contributed by atoms with van der Waals surface area (Å²) in [6.07, 6.45) is 2.11. The Kier molecular flexibility index (Phi) is 7.46. The average Bonchev–Trinajstić information content (AvgIpc) is 2.77. The molecule has 1 amide bonds. The van der Waals surface area contributed by atoms with Gasteiger partial charge in [0.15, 0.2) is 0 Å². The summed E-state index contributed by atoms with van der Waals surface area (Å²) in [6.45, 7) is 10.1. The van der Waals surface area contributed by atoms with E-state index < -0.39 is 0 Å². The van der Waals surface area contributed by atoms with E-state index in [9.17, 15) is 9.90 Å². The number of phenolic OH excluding ortho intramolecular Hbond substituents is 1. The Morgan fingerprint density at radius 1 is 1.20 bits per heavy atom. The molecule has 1 heterocycles. The Hall–Kier alpha value is -2.86. The zero-order valence-electron chi connectivity index (χ0n) is 18.2. The molecule has 0 aromatic heterocycles. The average molecular weight is 410 g/mol. The summed E-state index contributed by atoms with van der Waals surface area (Å²) >= 11 is 0. The Morgan fingerprint density at radius 3 is 2.73 bits per heavy atom. The monoisotopic (exact) mass is 409 g/mol. The molecule has 0 spiro atoms. The van der Waals surface area contributed by atoms with Gasteiger partial charge in [0.25, 0.3) is 5.91 Å². The minimum absolute atomic E-state index is 0.127. The fraction of sp³-hybridized carbons (Fsp3) is 0.417. The van der Waals surface area contributed by atoms with Gasteiger partial charge in [0.2, 0.25) is 0 Å². The van der Waals surface area contributed by atoms with Crippen LogP contribution in [0.3, 0.4) is 0 Å². The van der Waals surface area contributed by atoms with Crippen LogP contribution in [0.1, 0.15) is 43.9 Å². The van der Waals surface area contributed by atoms with Gasteiger partial charge < -0.3 is 14.9 Å². The second kappa shape index (κ2) is 10.3. The normalized spacial score (nSPS) is 14.0. The number of quaternary nitrogens is 1. The largest absolute Gasteiger partial charge is 0.507 e. The molecule has 0 atom stereocenters. The van der Waals surface area contributed by atoms with Crippen molar-refractivity contribution in [2.75, 3.05) is 31.1 Å². The molecule has 160 valence electrons. The van der Waals surface area contributed by atoms with Gasteiger partial charge in [-0.15, -0.1) is 0 Å². The summed E-state index contributed by atoms with van der Waals surface area (Å²) < 4.78 is 0. The lowest BCUT2D eigenvalue weighted by atomic mass is 10.0. The van der Waals surface area contributed by atoms with Crippen molar-refractivity contribution in [1.82, 2.24) is 5.43 Å². The molecule has 30 heavy (non-hydrogen) atoms. The maximum atomic E-state index is 12.5. The number of hydrazone groups is 1. The molecular formula is C24H33N4O2+. The van der Waals surface area contributed by atoms with E-state index in [1.165, 1.54) is 10.5 Å². The van der Waals surface area contributed by atoms with Gasteiger partial charge >= 0.3 is 0 Å². The number of amides is 1. The quantitative estimate of drug-likeness (QED) is 0.462. The van der Waals surface area contributed by atoms with Crippen molar-refractivity contribution >= 4 is 17.3 Å². The van der Waals surface area contributed by atoms with Crippen LogP contribution in [0.5, 0.6) is 5.75 Å². The predicted molar refractivity (Wildman–Crippen MR) is 121 cm³/mol. The van der Waals surface area contributed by atoms with E-state index in [0.717, 1.165) is 61.5 Å². The van der Waals surface area contributed by atoms with Crippen LogP contribution in [0.25, 0.3) is 0 Å². The number of carbonyl (C=O) groups excluding carboxylic acids is 1. The van der Waals surface area contributed by atoms with E-state index in [4.69, 9.17) is 0 Å². The van der Waals surface area contributed by atoms with Gasteiger partial charge in [-0.05, 0) is 69.0 Å². The van der Waals surface area contributed by atoms with Crippen LogP contribution in [-0.4, -0.2) is 42.9 Å². The maximum absolute atomic E-state index is 12.5. The predicted octanol–water partition coefficient (Wildman–Crippen LogP) is 2.11. The van der Waals surface area contributed by atoms with E-state index >= 15 is 0 Å². The van der Waals surface area contributed by atoms with Crippen LogP contribution in [0, 0.1) is 0 Å². The first-order valence-corrected chi connectivity index (χ1v) is 10.8. The fourth-order valence-corrected chi connectivity index (χ4v) is 3.92. The van der Waals surface area contributed by atoms with Crippen LogP contribution in [0.15, 0.2) is 47.6 Å². The van der Waals surface area contributed by atoms with Crippen LogP contribution < -0.4 is 15.2 Å². The lowest BCUT2D eigenvalue weighted by molar-refractivity contribution is -0.910. The molecule has 0 unspecified atom stereocenters. The number of anilines is 1. The second-order valence-corrected chi connectivity index (χ2v) is 7.86. The summed E-state index contributed by atoms with van der Waals surface area (Å²) in [5.41, 5.74) is 7.65. The van der Waals surface area contributed by atoms with E-state index in [2.05, 4.69) is 41.4 Å². The van der Waals surface area contributed by atoms with Crippen molar-refractivity contribution in [3.05, 3.63) is 59.2 Å². The maximum Gasteiger partial charge on any atom is 0.259 e. The SMILES string of the molecule is CC[NH+](CC)Cc1cc(/C(C)=N/NC(=O)CN2CCCc3ccccc32)ccc1O. The third-order valence-electron chi connectivity index (χ3n) is 5.83. The minimum Gasteiger partial charge on any atom is -0.507 e. The summed E-state index contributed by atoms with van der Waals surface area (Å²) in [5.74, 6) is 0.177. The second-order valence-electron chi connectivity index (χ2n) is 7.86. The van der Waals surface area contributed by atoms with Gasteiger partial charge in [-0.25, -0.2) is 5.43 Å². The number of carbonyl (C=O) groups is 1. The summed E-state index contributed by atoms with van der Waals surface area (Å²) in [7, 11) is 0. The highest BCUT2D eigenvalue weighted by atomic mass is 16.3. The van der Waals surface area contributed by atoms with Crippen molar-refractivity contribution in [3.8, 4) is 5.75 Å². The zero-order chi connectivity index (χ0) is 21.5. The Bertz CT molecular complexity index is 906. The summed E-state index contributed by atoms with van der Waals surface area (Å²) in [4.78, 5) is 16.0. The number of benzene rings is 2. The smallest absolute Gasteiger partial charge is 0.259 e. The summed E-state index contributed by atoms with van der Waals surface area (Å²) in [5, 5.41) is 14.5. The lowest BCUT2D eigenvalue weighted by Gasteiger charge is -2.30. The van der Waals surface area contributed by atoms with Gasteiger partial charge in [-0.1, -0.05) is 18.2 Å². The highest BCUT2D eigenvalue weighted by Gasteiger charge is 2.18. The molecule has 0 fully saturated rings. The van der Waals surface area contributed by atoms with Crippen molar-refractivity contribution in [2.24, 2.45) is 5.10 Å². The molecule has 6 heteroatoms. The molecule has 1 aliphatic rings. The first-order valence-electron chi connectivity index (χ1n) is 10.8. The van der Waals surface area contributed by atoms with E-state index in [-0.39, 0.29) is 5.91 Å². The van der Waals surface area contributed by atoms with E-state index in [0.29, 0.717) is 12.3 Å². The van der Waals surface area contributed by atoms with Gasteiger partial charge in [-0.3, -0.25) is 4.79 Å². The van der Waals surface area contributed by atoms with Gasteiger partial charge in [0.1, 0.15) is 12.3 Å². The highest BCUT2D eigenvalue weighted by molar-refractivity contribution is 5.99. The molecule has 3 rings (SSSR count). The number of aryl methyl sites for hydroxylation is 1. The molecule has 3 N–H and O–H groups in total. The molecule has 0 bridgehead atoms. The van der Waals surface area contributed by atoms with Crippen molar-refractivity contribution in [3.63, 3.8) is 0 Å². The van der Waals surface area contributed by atoms with Crippen LogP contribution in [0.2, 0.25) is 0 Å². The van der Waals surface area contributed by atoms with Crippen molar-refractivity contribution in [1.29, 1.82) is 0 Å². The van der Waals surface area contributed by atoms with Gasteiger partial charge in [0.05, 0.1) is 25.3 Å². The molecule has 2 aromatic carbocycles. The summed E-state index contributed by atoms with van der Waals surface area (Å²) in [6, 6.07) is 13.8. The molecule has 0 aliphatic carbocycles. The van der Waals surface area contributed by atoms with Crippen LogP contribution >= 0.6 is 0 Å². The molecule has 1 aliphatic heterocycles. The molecule has 2 aromatic rings. The third kappa shape index (κ3) is 5.39. The fourth-order valence-electron chi connectivity index (χ4n) is 3.92. The number of rotatable bonds is 8. The van der Waals surface area contributed by atoms with E-state index in [1.807, 2.05) is 31.2 Å². The van der Waals surface area contributed by atoms with E-state index in [1.54, 1.807) is 6.07 Å². The highest BCUT2D eigenvalue weighted by Crippen LogP contribution is 2.26. The van der Waals surface area contributed by atoms with Crippen LogP contribution in [0.4, 0.5) is 5.69 Å². The topological polar surface area (TPSA) is 69.4 Å². The number of para-hydroxylation sites is 1. The third-order valence-corrected chi connectivity index (χ3v) is 5.83. The molecular weight excluding hydrogens is 376 g/mol. The number of hydrogen-bond donors (Lipinski definition) is 3. The Labute approximate surface area is 179 Å². The van der Waals surface area contributed by atoms with Crippen molar-refractivity contribution < 1.29 is 14.8 Å². The van der Waals surface area contributed by atoms with Crippen LogP contribution in [-0.2, 0) is 17.8 Å². The van der Waals surface area contributed by atoms with Gasteiger partial charge in [-0.2, -0.15) is 5.10 Å². The van der Waals surface area contributed by atoms with Gasteiger partial charge in [0, 0.05) is 17.8 Å². The standard InChI is InChI=1S/C24H32N4O2/c1-4-27(5-2)16-21-15-20(12-13-23(21)29)18(3)25-26-24(30)17-28-14-8-10-19-9-6-7-11-22(19)28/h6-7,9,11-13,15,29H,4-5,8,10,14,16-17H2,1-3H3,(H,26,30)/p+1/b25-18+. The molecule has 0 radical (unpaired) electrons. The number of nitrogens with zero attached hydrogens (tertiary/aromatic N) is 2. The molecule has 6 nitrogen and oxygen atoms in total. The number of fused-ring (bicyclic) bond motifs is 1. The number of phenols is 1. The molecule has 0 saturated carbocycles. The first kappa shape index (κ1) is 21.8. The number of nitrogens with one attached hydrogen (secondary N) is 2. The Balaban J connectivity index is 1.64. The minimum atomic E-state index is -0.127. The zero-order valence-corrected chi connectivity index (χ0v) is 18.2. The Morgan fingerprint density at radius 2 is 1.97 bits per heavy atom.